The Hall–Kier alpha value is -2.15. The summed E-state index contributed by atoms with van der Waals surface area (Å²) < 4.78 is 2.75. The van der Waals surface area contributed by atoms with E-state index in [1.54, 1.807) is 6.20 Å². The average molecular weight is 392 g/mol. The van der Waals surface area contributed by atoms with Crippen LogP contribution in [0.15, 0.2) is 34.9 Å². The van der Waals surface area contributed by atoms with Crippen LogP contribution in [0, 0.1) is 0 Å². The molecule has 1 N–H and O–H groups in total. The number of aryl methyl sites for hydroxylation is 1. The van der Waals surface area contributed by atoms with E-state index in [2.05, 4.69) is 21.0 Å². The first-order valence-corrected chi connectivity index (χ1v) is 8.64. The maximum Gasteiger partial charge on any atom is 0.323 e. The minimum absolute atomic E-state index is 0.245. The molecule has 0 bridgehead atoms. The Labute approximate surface area is 148 Å². The number of nitrogens with zero attached hydrogens (tertiary/aromatic N) is 3. The lowest BCUT2D eigenvalue weighted by Gasteiger charge is -2.22. The van der Waals surface area contributed by atoms with Crippen LogP contribution in [0.4, 0.5) is 0 Å². The number of benzene rings is 1. The average Bonchev–Trinajstić information content (AvgIpc) is 2.97. The number of carboxylic acids is 1. The second-order valence-electron chi connectivity index (χ2n) is 5.87. The maximum atomic E-state index is 12.9. The molecule has 0 atom stereocenters. The first-order valence-electron chi connectivity index (χ1n) is 7.85. The van der Waals surface area contributed by atoms with Gasteiger partial charge in [-0.15, -0.1) is 0 Å². The number of aromatic nitrogens is 2. The predicted molar refractivity (Wildman–Crippen MR) is 91.7 cm³/mol. The van der Waals surface area contributed by atoms with Gasteiger partial charge in [0.25, 0.3) is 5.91 Å². The topological polar surface area (TPSA) is 75.4 Å². The quantitative estimate of drug-likeness (QED) is 0.849. The van der Waals surface area contributed by atoms with Crippen LogP contribution in [0.1, 0.15) is 34.5 Å². The Morgan fingerprint density at radius 1 is 1.33 bits per heavy atom. The maximum absolute atomic E-state index is 12.9. The molecule has 126 valence electrons. The highest BCUT2D eigenvalue weighted by Gasteiger charge is 2.25. The molecule has 6 nitrogen and oxygen atoms in total. The summed E-state index contributed by atoms with van der Waals surface area (Å²) in [5, 5.41) is 13.5. The molecule has 1 amide bonds. The molecule has 0 radical (unpaired) electrons. The van der Waals surface area contributed by atoms with Crippen molar-refractivity contribution in [2.24, 2.45) is 0 Å². The zero-order valence-corrected chi connectivity index (χ0v) is 14.7. The zero-order chi connectivity index (χ0) is 17.1. The Morgan fingerprint density at radius 2 is 2.17 bits per heavy atom. The van der Waals surface area contributed by atoms with Gasteiger partial charge in [-0.3, -0.25) is 14.3 Å². The summed E-state index contributed by atoms with van der Waals surface area (Å²) in [7, 11) is 0. The SMILES string of the molecule is O=C(O)CN(Cc1cccc(Br)c1)C(=O)c1cnn2c1CCCC2. The normalized spacial score (nSPS) is 13.4. The van der Waals surface area contributed by atoms with Crippen LogP contribution in [0.3, 0.4) is 0 Å². The molecule has 0 saturated carbocycles. The molecule has 1 aromatic heterocycles. The minimum atomic E-state index is -1.03. The van der Waals surface area contributed by atoms with Crippen molar-refractivity contribution < 1.29 is 14.7 Å². The number of hydrogen-bond acceptors (Lipinski definition) is 3. The van der Waals surface area contributed by atoms with Gasteiger partial charge in [-0.05, 0) is 37.0 Å². The van der Waals surface area contributed by atoms with Crippen molar-refractivity contribution in [3.63, 3.8) is 0 Å². The third-order valence-electron chi connectivity index (χ3n) is 4.09. The smallest absolute Gasteiger partial charge is 0.323 e. The van der Waals surface area contributed by atoms with Crippen LogP contribution < -0.4 is 0 Å². The number of hydrogen-bond donors (Lipinski definition) is 1. The number of amides is 1. The molecule has 1 aliphatic rings. The predicted octanol–water partition coefficient (Wildman–Crippen LogP) is 2.71. The van der Waals surface area contributed by atoms with E-state index in [0.29, 0.717) is 5.56 Å². The standard InChI is InChI=1S/C17H18BrN3O3/c18-13-5-3-4-12(8-13)10-20(11-16(22)23)17(24)14-9-19-21-7-2-1-6-15(14)21/h3-5,8-9H,1-2,6-7,10-11H2,(H,22,23). The summed E-state index contributed by atoms with van der Waals surface area (Å²) in [5.41, 5.74) is 2.31. The molecule has 0 spiro atoms. The number of carboxylic acid groups (broad SMARTS) is 1. The van der Waals surface area contributed by atoms with Gasteiger partial charge in [0.2, 0.25) is 0 Å². The third-order valence-corrected chi connectivity index (χ3v) is 4.58. The van der Waals surface area contributed by atoms with E-state index in [9.17, 15) is 14.7 Å². The van der Waals surface area contributed by atoms with Gasteiger partial charge >= 0.3 is 5.97 Å². The van der Waals surface area contributed by atoms with Crippen LogP contribution in [-0.2, 0) is 24.3 Å². The molecule has 0 aliphatic carbocycles. The van der Waals surface area contributed by atoms with Crippen LogP contribution in [-0.4, -0.2) is 38.2 Å². The molecule has 0 saturated heterocycles. The van der Waals surface area contributed by atoms with Crippen molar-refractivity contribution in [2.75, 3.05) is 6.54 Å². The molecular weight excluding hydrogens is 374 g/mol. The lowest BCUT2D eigenvalue weighted by molar-refractivity contribution is -0.137. The second-order valence-corrected chi connectivity index (χ2v) is 6.79. The van der Waals surface area contributed by atoms with Gasteiger partial charge < -0.3 is 10.0 Å². The largest absolute Gasteiger partial charge is 0.480 e. The van der Waals surface area contributed by atoms with Crippen LogP contribution in [0.5, 0.6) is 0 Å². The molecule has 2 heterocycles. The van der Waals surface area contributed by atoms with Gasteiger partial charge in [0.15, 0.2) is 0 Å². The van der Waals surface area contributed by atoms with E-state index in [-0.39, 0.29) is 19.0 Å². The Morgan fingerprint density at radius 3 is 2.92 bits per heavy atom. The highest BCUT2D eigenvalue weighted by Crippen LogP contribution is 2.21. The molecule has 1 aromatic carbocycles. The van der Waals surface area contributed by atoms with Gasteiger partial charge in [-0.2, -0.15) is 5.10 Å². The van der Waals surface area contributed by atoms with Crippen molar-refractivity contribution in [1.29, 1.82) is 0 Å². The number of halogens is 1. The summed E-state index contributed by atoms with van der Waals surface area (Å²) in [6, 6.07) is 7.52. The van der Waals surface area contributed by atoms with Crippen molar-refractivity contribution in [3.8, 4) is 0 Å². The van der Waals surface area contributed by atoms with Gasteiger partial charge in [0.05, 0.1) is 17.5 Å². The van der Waals surface area contributed by atoms with Crippen molar-refractivity contribution in [1.82, 2.24) is 14.7 Å². The second kappa shape index (κ2) is 7.17. The third kappa shape index (κ3) is 3.67. The Bertz CT molecular complexity index is 772. The molecular formula is C17H18BrN3O3. The molecule has 3 rings (SSSR count). The van der Waals surface area contributed by atoms with E-state index < -0.39 is 5.97 Å². The van der Waals surface area contributed by atoms with Crippen LogP contribution in [0.2, 0.25) is 0 Å². The highest BCUT2D eigenvalue weighted by molar-refractivity contribution is 9.10. The monoisotopic (exact) mass is 391 g/mol. The number of carbonyl (C=O) groups excluding carboxylic acids is 1. The van der Waals surface area contributed by atoms with Gasteiger partial charge in [-0.25, -0.2) is 0 Å². The summed E-state index contributed by atoms with van der Waals surface area (Å²) in [6.45, 7) is 0.721. The first kappa shape index (κ1) is 16.7. The van der Waals surface area contributed by atoms with Crippen LogP contribution >= 0.6 is 15.9 Å². The highest BCUT2D eigenvalue weighted by atomic mass is 79.9. The summed E-state index contributed by atoms with van der Waals surface area (Å²) in [6.07, 6.45) is 4.45. The van der Waals surface area contributed by atoms with E-state index in [1.807, 2.05) is 28.9 Å². The Kier molecular flexibility index (Phi) is 4.99. The van der Waals surface area contributed by atoms with Gasteiger partial charge in [0.1, 0.15) is 6.54 Å². The van der Waals surface area contributed by atoms with Crippen LogP contribution in [0.25, 0.3) is 0 Å². The summed E-state index contributed by atoms with van der Waals surface area (Å²) >= 11 is 3.39. The lowest BCUT2D eigenvalue weighted by Crippen LogP contribution is -2.35. The number of aliphatic carboxylic acids is 1. The number of carbonyl (C=O) groups is 2. The molecule has 0 unspecified atom stereocenters. The minimum Gasteiger partial charge on any atom is -0.480 e. The molecule has 24 heavy (non-hydrogen) atoms. The number of rotatable bonds is 5. The fourth-order valence-electron chi connectivity index (χ4n) is 2.99. The zero-order valence-electron chi connectivity index (χ0n) is 13.1. The van der Waals surface area contributed by atoms with Gasteiger partial charge in [-0.1, -0.05) is 28.1 Å². The van der Waals surface area contributed by atoms with Crippen molar-refractivity contribution in [3.05, 3.63) is 51.8 Å². The summed E-state index contributed by atoms with van der Waals surface area (Å²) in [5.74, 6) is -1.31. The lowest BCUT2D eigenvalue weighted by atomic mass is 10.1. The molecule has 7 heteroatoms. The van der Waals surface area contributed by atoms with E-state index in [4.69, 9.17) is 0 Å². The Balaban J connectivity index is 1.86. The van der Waals surface area contributed by atoms with E-state index >= 15 is 0 Å². The number of fused-ring (bicyclic) bond motifs is 1. The van der Waals surface area contributed by atoms with Crippen molar-refractivity contribution in [2.45, 2.75) is 32.4 Å². The molecule has 2 aromatic rings. The fraction of sp³-hybridized carbons (Fsp3) is 0.353. The summed E-state index contributed by atoms with van der Waals surface area (Å²) in [4.78, 5) is 25.5. The fourth-order valence-corrected chi connectivity index (χ4v) is 3.44. The van der Waals surface area contributed by atoms with E-state index in [0.717, 1.165) is 41.5 Å². The van der Waals surface area contributed by atoms with Crippen molar-refractivity contribution >= 4 is 27.8 Å². The first-order chi connectivity index (χ1) is 11.5. The van der Waals surface area contributed by atoms with Gasteiger partial charge in [0, 0.05) is 17.6 Å². The molecule has 1 aliphatic heterocycles. The van der Waals surface area contributed by atoms with E-state index in [1.165, 1.54) is 4.90 Å². The molecule has 0 fully saturated rings.